The first-order chi connectivity index (χ1) is 9.95. The number of benzene rings is 1. The molecule has 1 N–H and O–H groups in total. The van der Waals surface area contributed by atoms with Crippen molar-refractivity contribution in [3.63, 3.8) is 0 Å². The van der Waals surface area contributed by atoms with Crippen LogP contribution in [0.25, 0.3) is 0 Å². The Morgan fingerprint density at radius 2 is 1.76 bits per heavy atom. The molecule has 0 aliphatic rings. The Morgan fingerprint density at radius 3 is 2.33 bits per heavy atom. The molecule has 0 aliphatic carbocycles. The van der Waals surface area contributed by atoms with Crippen LogP contribution in [0.3, 0.4) is 0 Å². The maximum absolute atomic E-state index is 13.3. The molecule has 1 heterocycles. The van der Waals surface area contributed by atoms with Gasteiger partial charge in [0.2, 0.25) is 11.9 Å². The van der Waals surface area contributed by atoms with Gasteiger partial charge in [0.15, 0.2) is 0 Å². The number of carbonyl (C=O) groups is 1. The van der Waals surface area contributed by atoms with Crippen LogP contribution < -0.4 is 10.1 Å². The third-order valence-electron chi connectivity index (χ3n) is 2.40. The molecule has 0 saturated heterocycles. The second-order valence-corrected chi connectivity index (χ2v) is 3.83. The van der Waals surface area contributed by atoms with Crippen molar-refractivity contribution >= 4 is 11.6 Å². The lowest BCUT2D eigenvalue weighted by atomic mass is 10.2. The number of hydrogen-bond donors (Lipinski definition) is 1. The minimum absolute atomic E-state index is 0.0836. The average Bonchev–Trinajstić information content (AvgIpc) is 2.42. The van der Waals surface area contributed by atoms with E-state index in [9.17, 15) is 22.4 Å². The molecule has 0 atom stereocenters. The van der Waals surface area contributed by atoms with Crippen LogP contribution in [0.1, 0.15) is 10.4 Å². The molecule has 110 valence electrons. The molecule has 0 saturated carbocycles. The summed E-state index contributed by atoms with van der Waals surface area (Å²) in [5, 5.41) is 2.18. The second-order valence-electron chi connectivity index (χ2n) is 3.83. The maximum atomic E-state index is 13.3. The predicted octanol–water partition coefficient (Wildman–Crippen LogP) is 3.21. The molecule has 1 aromatic carbocycles. The smallest absolute Gasteiger partial charge is 0.387 e. The van der Waals surface area contributed by atoms with Gasteiger partial charge in [-0.2, -0.15) is 22.5 Å². The van der Waals surface area contributed by atoms with Crippen molar-refractivity contribution < 1.29 is 27.1 Å². The normalized spacial score (nSPS) is 10.5. The third-order valence-corrected chi connectivity index (χ3v) is 2.40. The molecule has 0 fully saturated rings. The van der Waals surface area contributed by atoms with Gasteiger partial charge in [-0.05, 0) is 36.4 Å². The van der Waals surface area contributed by atoms with Gasteiger partial charge in [0.25, 0.3) is 5.91 Å². The summed E-state index contributed by atoms with van der Waals surface area (Å²) in [6.07, 6.45) is 0. The number of hydrogen-bond acceptors (Lipinski definition) is 3. The maximum Gasteiger partial charge on any atom is 0.387 e. The topological polar surface area (TPSA) is 51.2 Å². The molecule has 0 unspecified atom stereocenters. The Labute approximate surface area is 116 Å². The third kappa shape index (κ3) is 3.91. The molecule has 0 bridgehead atoms. The fourth-order valence-corrected chi connectivity index (χ4v) is 1.49. The van der Waals surface area contributed by atoms with E-state index in [1.165, 1.54) is 24.3 Å². The van der Waals surface area contributed by atoms with Gasteiger partial charge in [-0.1, -0.05) is 0 Å². The number of aromatic nitrogens is 1. The van der Waals surface area contributed by atoms with Gasteiger partial charge in [-0.15, -0.1) is 0 Å². The molecule has 8 heteroatoms. The van der Waals surface area contributed by atoms with Crippen molar-refractivity contribution in [2.45, 2.75) is 6.61 Å². The first-order valence-electron chi connectivity index (χ1n) is 5.64. The Morgan fingerprint density at radius 1 is 1.10 bits per heavy atom. The summed E-state index contributed by atoms with van der Waals surface area (Å²) in [6, 6.07) is 6.69. The number of ether oxygens (including phenoxy) is 1. The summed E-state index contributed by atoms with van der Waals surface area (Å²) in [5.74, 6) is -3.00. The first-order valence-corrected chi connectivity index (χ1v) is 5.64. The van der Waals surface area contributed by atoms with Crippen LogP contribution in [0, 0.1) is 11.9 Å². The molecular weight excluding hydrogens is 292 g/mol. The summed E-state index contributed by atoms with van der Waals surface area (Å²) < 4.78 is 53.9. The van der Waals surface area contributed by atoms with E-state index >= 15 is 0 Å². The van der Waals surface area contributed by atoms with Crippen molar-refractivity contribution in [3.8, 4) is 5.75 Å². The number of pyridine rings is 1. The van der Waals surface area contributed by atoms with Crippen LogP contribution in [-0.2, 0) is 0 Å². The number of nitrogens with one attached hydrogen (secondary N) is 1. The Bertz CT molecular complexity index is 647. The molecule has 1 amide bonds. The highest BCUT2D eigenvalue weighted by Gasteiger charge is 2.12. The van der Waals surface area contributed by atoms with Gasteiger partial charge in [0.1, 0.15) is 5.75 Å². The predicted molar refractivity (Wildman–Crippen MR) is 65.2 cm³/mol. The summed E-state index contributed by atoms with van der Waals surface area (Å²) in [5.41, 5.74) is -0.213. The van der Waals surface area contributed by atoms with Gasteiger partial charge in [0, 0.05) is 5.56 Å². The molecule has 0 aliphatic heterocycles. The Balaban J connectivity index is 2.09. The highest BCUT2D eigenvalue weighted by Crippen LogP contribution is 2.17. The lowest BCUT2D eigenvalue weighted by molar-refractivity contribution is -0.0498. The average molecular weight is 300 g/mol. The summed E-state index contributed by atoms with van der Waals surface area (Å²) in [7, 11) is 0. The highest BCUT2D eigenvalue weighted by atomic mass is 19.3. The van der Waals surface area contributed by atoms with Crippen molar-refractivity contribution in [2.75, 3.05) is 5.32 Å². The number of nitrogens with zero attached hydrogens (tertiary/aromatic N) is 1. The van der Waals surface area contributed by atoms with E-state index in [-0.39, 0.29) is 17.0 Å². The molecule has 0 radical (unpaired) electrons. The highest BCUT2D eigenvalue weighted by molar-refractivity contribution is 6.04. The molecule has 21 heavy (non-hydrogen) atoms. The van der Waals surface area contributed by atoms with Gasteiger partial charge in [-0.3, -0.25) is 4.79 Å². The molecule has 2 rings (SSSR count). The Kier molecular flexibility index (Phi) is 4.36. The lowest BCUT2D eigenvalue weighted by Crippen LogP contribution is -2.13. The number of rotatable bonds is 4. The zero-order valence-electron chi connectivity index (χ0n) is 10.3. The van der Waals surface area contributed by atoms with Crippen molar-refractivity contribution in [2.24, 2.45) is 0 Å². The summed E-state index contributed by atoms with van der Waals surface area (Å²) in [6.45, 7) is -2.97. The Hall–Kier alpha value is -2.64. The van der Waals surface area contributed by atoms with Crippen LogP contribution >= 0.6 is 0 Å². The quantitative estimate of drug-likeness (QED) is 0.697. The van der Waals surface area contributed by atoms with Gasteiger partial charge < -0.3 is 10.1 Å². The van der Waals surface area contributed by atoms with Crippen molar-refractivity contribution in [1.82, 2.24) is 4.98 Å². The number of halogens is 4. The molecular formula is C13H8F4N2O2. The summed E-state index contributed by atoms with van der Waals surface area (Å²) in [4.78, 5) is 14.7. The molecule has 2 aromatic rings. The zero-order valence-corrected chi connectivity index (χ0v) is 10.3. The van der Waals surface area contributed by atoms with Crippen LogP contribution in [0.2, 0.25) is 0 Å². The minimum Gasteiger partial charge on any atom is -0.435 e. The first kappa shape index (κ1) is 14.8. The second kappa shape index (κ2) is 6.21. The lowest BCUT2D eigenvalue weighted by Gasteiger charge is -2.07. The van der Waals surface area contributed by atoms with Crippen LogP contribution in [-0.4, -0.2) is 17.5 Å². The van der Waals surface area contributed by atoms with E-state index in [4.69, 9.17) is 0 Å². The van der Waals surface area contributed by atoms with E-state index in [0.29, 0.717) is 0 Å². The fraction of sp³-hybridized carbons (Fsp3) is 0.0769. The van der Waals surface area contributed by atoms with E-state index in [1.807, 2.05) is 0 Å². The van der Waals surface area contributed by atoms with Crippen LogP contribution in [0.4, 0.5) is 23.2 Å². The largest absolute Gasteiger partial charge is 0.435 e. The van der Waals surface area contributed by atoms with Gasteiger partial charge in [0.05, 0.1) is 5.69 Å². The number of carbonyl (C=O) groups excluding carboxylic acids is 1. The van der Waals surface area contributed by atoms with Gasteiger partial charge in [-0.25, -0.2) is 0 Å². The number of alkyl halides is 2. The van der Waals surface area contributed by atoms with E-state index in [2.05, 4.69) is 15.0 Å². The summed E-state index contributed by atoms with van der Waals surface area (Å²) >= 11 is 0. The van der Waals surface area contributed by atoms with Crippen molar-refractivity contribution in [3.05, 3.63) is 53.9 Å². The number of amides is 1. The SMILES string of the molecule is O=C(Nc1ccc(F)nc1F)c1ccc(OC(F)F)cc1. The zero-order chi connectivity index (χ0) is 15.4. The van der Waals surface area contributed by atoms with E-state index < -0.39 is 24.4 Å². The van der Waals surface area contributed by atoms with Gasteiger partial charge >= 0.3 is 6.61 Å². The van der Waals surface area contributed by atoms with E-state index in [0.717, 1.165) is 12.1 Å². The standard InChI is InChI=1S/C13H8F4N2O2/c14-10-6-5-9(11(15)19-10)18-12(20)7-1-3-8(4-2-7)21-13(16)17/h1-6,13H,(H,18,20). The molecule has 1 aromatic heterocycles. The monoisotopic (exact) mass is 300 g/mol. The number of anilines is 1. The minimum atomic E-state index is -2.97. The molecule has 0 spiro atoms. The van der Waals surface area contributed by atoms with E-state index in [1.54, 1.807) is 0 Å². The van der Waals surface area contributed by atoms with Crippen LogP contribution in [0.5, 0.6) is 5.75 Å². The van der Waals surface area contributed by atoms with Crippen molar-refractivity contribution in [1.29, 1.82) is 0 Å². The molecule has 4 nitrogen and oxygen atoms in total. The fourth-order valence-electron chi connectivity index (χ4n) is 1.49. The van der Waals surface area contributed by atoms with Crippen LogP contribution in [0.15, 0.2) is 36.4 Å².